The van der Waals surface area contributed by atoms with Crippen LogP contribution in [0.25, 0.3) is 0 Å². The van der Waals surface area contributed by atoms with E-state index in [1.165, 1.54) is 25.7 Å². The summed E-state index contributed by atoms with van der Waals surface area (Å²) < 4.78 is 0. The number of rotatable bonds is 5. The lowest BCUT2D eigenvalue weighted by molar-refractivity contribution is 0.264. The monoisotopic (exact) mass is 220 g/mol. The number of hydrogen-bond donors (Lipinski definition) is 0. The van der Waals surface area contributed by atoms with Crippen LogP contribution >= 0.6 is 0 Å². The molecule has 16 heavy (non-hydrogen) atoms. The molecule has 0 aromatic rings. The fraction of sp³-hybridized carbons (Fsp3) is 0.750. The summed E-state index contributed by atoms with van der Waals surface area (Å²) in [6, 6.07) is 0. The van der Waals surface area contributed by atoms with Crippen LogP contribution in [0, 0.1) is 11.3 Å². The summed E-state index contributed by atoms with van der Waals surface area (Å²) in [7, 11) is 0. The standard InChI is InChI=1S/C16H28/c1-7-16(8-2,11-12(3)4)15-10-9-13(5)14(15)6/h10,12H,7-9,11H2,1-6H3. The predicted octanol–water partition coefficient (Wildman–Crippen LogP) is 5.51. The van der Waals surface area contributed by atoms with Crippen molar-refractivity contribution >= 4 is 0 Å². The Labute approximate surface area is 102 Å². The van der Waals surface area contributed by atoms with Crippen LogP contribution in [0.15, 0.2) is 22.8 Å². The van der Waals surface area contributed by atoms with Gasteiger partial charge in [0.25, 0.3) is 0 Å². The summed E-state index contributed by atoms with van der Waals surface area (Å²) in [6.07, 6.45) is 7.55. The van der Waals surface area contributed by atoms with Crippen LogP contribution in [-0.2, 0) is 0 Å². The first-order valence-electron chi connectivity index (χ1n) is 6.84. The number of allylic oxidation sites excluding steroid dienone is 4. The second-order valence-electron chi connectivity index (χ2n) is 5.81. The van der Waals surface area contributed by atoms with Crippen molar-refractivity contribution in [1.82, 2.24) is 0 Å². The van der Waals surface area contributed by atoms with Gasteiger partial charge in [0, 0.05) is 0 Å². The van der Waals surface area contributed by atoms with Gasteiger partial charge in [-0.25, -0.2) is 0 Å². The van der Waals surface area contributed by atoms with Gasteiger partial charge in [-0.3, -0.25) is 0 Å². The maximum absolute atomic E-state index is 2.49. The van der Waals surface area contributed by atoms with Gasteiger partial charge in [0.2, 0.25) is 0 Å². The average molecular weight is 220 g/mol. The third-order valence-electron chi connectivity index (χ3n) is 4.38. The van der Waals surface area contributed by atoms with E-state index in [1.54, 1.807) is 16.7 Å². The summed E-state index contributed by atoms with van der Waals surface area (Å²) in [5, 5.41) is 0. The van der Waals surface area contributed by atoms with Gasteiger partial charge < -0.3 is 0 Å². The molecule has 0 aliphatic heterocycles. The molecule has 1 aliphatic rings. The van der Waals surface area contributed by atoms with Crippen molar-refractivity contribution in [3.05, 3.63) is 22.8 Å². The van der Waals surface area contributed by atoms with Gasteiger partial charge in [0.15, 0.2) is 0 Å². The molecular formula is C16H28. The first-order chi connectivity index (χ1) is 7.46. The zero-order chi connectivity index (χ0) is 12.3. The van der Waals surface area contributed by atoms with Gasteiger partial charge >= 0.3 is 0 Å². The van der Waals surface area contributed by atoms with E-state index < -0.39 is 0 Å². The lowest BCUT2D eigenvalue weighted by atomic mass is 9.68. The average Bonchev–Trinajstić information content (AvgIpc) is 2.57. The Balaban J connectivity index is 3.03. The van der Waals surface area contributed by atoms with E-state index in [1.807, 2.05) is 0 Å². The van der Waals surface area contributed by atoms with Gasteiger partial charge in [-0.1, -0.05) is 39.3 Å². The molecule has 0 amide bonds. The SMILES string of the molecule is CCC(CC)(CC(C)C)C1=CCC(C)=C1C. The summed E-state index contributed by atoms with van der Waals surface area (Å²) in [4.78, 5) is 0. The summed E-state index contributed by atoms with van der Waals surface area (Å²) in [6.45, 7) is 14.0. The van der Waals surface area contributed by atoms with Gasteiger partial charge in [-0.15, -0.1) is 0 Å². The molecule has 0 N–H and O–H groups in total. The minimum atomic E-state index is 0.440. The fourth-order valence-electron chi connectivity index (χ4n) is 3.22. The van der Waals surface area contributed by atoms with E-state index in [9.17, 15) is 0 Å². The largest absolute Gasteiger partial charge is 0.0764 e. The lowest BCUT2D eigenvalue weighted by Gasteiger charge is -2.36. The van der Waals surface area contributed by atoms with Crippen molar-refractivity contribution in [2.45, 2.75) is 67.2 Å². The van der Waals surface area contributed by atoms with Gasteiger partial charge in [-0.05, 0) is 62.0 Å². The minimum absolute atomic E-state index is 0.440. The maximum atomic E-state index is 2.49. The van der Waals surface area contributed by atoms with Crippen molar-refractivity contribution in [2.24, 2.45) is 11.3 Å². The smallest absolute Gasteiger partial charge is 0.00502 e. The molecule has 92 valence electrons. The van der Waals surface area contributed by atoms with Crippen molar-refractivity contribution in [3.8, 4) is 0 Å². The first-order valence-corrected chi connectivity index (χ1v) is 6.84. The van der Waals surface area contributed by atoms with Gasteiger partial charge in [0.1, 0.15) is 0 Å². The van der Waals surface area contributed by atoms with E-state index in [2.05, 4.69) is 47.6 Å². The lowest BCUT2D eigenvalue weighted by Crippen LogP contribution is -2.24. The number of hydrogen-bond acceptors (Lipinski definition) is 0. The molecule has 0 saturated carbocycles. The Hall–Kier alpha value is -0.520. The Morgan fingerprint density at radius 1 is 1.19 bits per heavy atom. The maximum Gasteiger partial charge on any atom is -0.00502 e. The van der Waals surface area contributed by atoms with Crippen molar-refractivity contribution in [2.75, 3.05) is 0 Å². The van der Waals surface area contributed by atoms with Crippen LogP contribution in [0.3, 0.4) is 0 Å². The molecule has 0 spiro atoms. The van der Waals surface area contributed by atoms with Crippen LogP contribution in [0.5, 0.6) is 0 Å². The highest BCUT2D eigenvalue weighted by Crippen LogP contribution is 2.47. The molecule has 0 aromatic carbocycles. The highest BCUT2D eigenvalue weighted by atomic mass is 14.4. The molecule has 0 radical (unpaired) electrons. The molecule has 0 atom stereocenters. The minimum Gasteiger partial charge on any atom is -0.0764 e. The normalized spacial score (nSPS) is 17.3. The molecular weight excluding hydrogens is 192 g/mol. The van der Waals surface area contributed by atoms with Gasteiger partial charge in [0.05, 0.1) is 0 Å². The van der Waals surface area contributed by atoms with Crippen molar-refractivity contribution < 1.29 is 0 Å². The summed E-state index contributed by atoms with van der Waals surface area (Å²) in [5.41, 5.74) is 5.24. The molecule has 0 fully saturated rings. The summed E-state index contributed by atoms with van der Waals surface area (Å²) in [5.74, 6) is 0.787. The van der Waals surface area contributed by atoms with Crippen molar-refractivity contribution in [1.29, 1.82) is 0 Å². The Kier molecular flexibility index (Phi) is 4.41. The molecule has 0 unspecified atom stereocenters. The van der Waals surface area contributed by atoms with E-state index in [4.69, 9.17) is 0 Å². The molecule has 0 saturated heterocycles. The zero-order valence-electron chi connectivity index (χ0n) is 12.0. The molecule has 0 bridgehead atoms. The molecule has 1 aliphatic carbocycles. The molecule has 0 nitrogen and oxygen atoms in total. The Morgan fingerprint density at radius 3 is 2.06 bits per heavy atom. The highest BCUT2D eigenvalue weighted by Gasteiger charge is 2.33. The van der Waals surface area contributed by atoms with Gasteiger partial charge in [-0.2, -0.15) is 0 Å². The van der Waals surface area contributed by atoms with E-state index in [0.29, 0.717) is 5.41 Å². The highest BCUT2D eigenvalue weighted by molar-refractivity contribution is 5.44. The topological polar surface area (TPSA) is 0 Å². The Bertz CT molecular complexity index is 298. The second kappa shape index (κ2) is 5.21. The predicted molar refractivity (Wildman–Crippen MR) is 73.5 cm³/mol. The molecule has 0 aromatic heterocycles. The van der Waals surface area contributed by atoms with Crippen LogP contribution in [0.1, 0.15) is 67.2 Å². The molecule has 0 heterocycles. The first kappa shape index (κ1) is 13.5. The molecule has 0 heteroatoms. The van der Waals surface area contributed by atoms with E-state index >= 15 is 0 Å². The zero-order valence-corrected chi connectivity index (χ0v) is 12.0. The molecule has 1 rings (SSSR count). The Morgan fingerprint density at radius 2 is 1.75 bits per heavy atom. The second-order valence-corrected chi connectivity index (χ2v) is 5.81. The fourth-order valence-corrected chi connectivity index (χ4v) is 3.22. The van der Waals surface area contributed by atoms with Crippen molar-refractivity contribution in [3.63, 3.8) is 0 Å². The van der Waals surface area contributed by atoms with Crippen LogP contribution in [0.4, 0.5) is 0 Å². The van der Waals surface area contributed by atoms with Crippen LogP contribution in [0.2, 0.25) is 0 Å². The summed E-state index contributed by atoms with van der Waals surface area (Å²) >= 11 is 0. The third kappa shape index (κ3) is 2.42. The van der Waals surface area contributed by atoms with E-state index in [0.717, 1.165) is 5.92 Å². The van der Waals surface area contributed by atoms with Crippen LogP contribution in [-0.4, -0.2) is 0 Å². The van der Waals surface area contributed by atoms with E-state index in [-0.39, 0.29) is 0 Å². The third-order valence-corrected chi connectivity index (χ3v) is 4.38. The van der Waals surface area contributed by atoms with Crippen LogP contribution < -0.4 is 0 Å². The quantitative estimate of drug-likeness (QED) is 0.573.